The normalized spacial score (nSPS) is 42.6. The van der Waals surface area contributed by atoms with Crippen LogP contribution in [0.15, 0.2) is 0 Å². The molecule has 0 radical (unpaired) electrons. The number of thioether (sulfide) groups is 1. The van der Waals surface area contributed by atoms with Crippen molar-refractivity contribution < 1.29 is 19.1 Å². The summed E-state index contributed by atoms with van der Waals surface area (Å²) in [6.45, 7) is 2.30. The van der Waals surface area contributed by atoms with Crippen molar-refractivity contribution in [1.82, 2.24) is 15.1 Å². The number of piperazine rings is 1. The van der Waals surface area contributed by atoms with Crippen molar-refractivity contribution >= 4 is 23.6 Å². The number of carbonyl (C=O) groups is 2. The molecule has 6 nitrogen and oxygen atoms in total. The van der Waals surface area contributed by atoms with E-state index in [-0.39, 0.29) is 17.7 Å². The molecule has 0 aromatic carbocycles. The Morgan fingerprint density at radius 2 is 1.42 bits per heavy atom. The Bertz CT molecular complexity index is 817. The Hall–Kier alpha value is -0.860. The van der Waals surface area contributed by atoms with E-state index in [2.05, 4.69) is 17.1 Å². The zero-order valence-electron chi connectivity index (χ0n) is 21.6. The molecule has 0 spiro atoms. The van der Waals surface area contributed by atoms with E-state index in [1.165, 1.54) is 32.1 Å². The SMILES string of the molecule is O=C(C1CCC(C2CCC3NC(C4CCC(F)CC4)SC3C2)CC1)N1CCN(C(=O)C2(O)CC2)CC1. The van der Waals surface area contributed by atoms with Crippen LogP contribution in [-0.2, 0) is 9.59 Å². The third-order valence-corrected chi connectivity index (χ3v) is 12.1. The highest BCUT2D eigenvalue weighted by Gasteiger charge is 2.50. The van der Waals surface area contributed by atoms with Gasteiger partial charge in [-0.3, -0.25) is 9.59 Å². The zero-order chi connectivity index (χ0) is 24.9. The molecule has 2 amide bonds. The van der Waals surface area contributed by atoms with Gasteiger partial charge in [0.15, 0.2) is 0 Å². The number of nitrogens with zero attached hydrogens (tertiary/aromatic N) is 2. The summed E-state index contributed by atoms with van der Waals surface area (Å²) in [5.74, 6) is 2.48. The number of nitrogens with one attached hydrogen (secondary N) is 1. The molecule has 6 fully saturated rings. The number of rotatable bonds is 4. The van der Waals surface area contributed by atoms with Crippen molar-refractivity contribution in [3.05, 3.63) is 0 Å². The molecule has 2 saturated heterocycles. The summed E-state index contributed by atoms with van der Waals surface area (Å²) in [6.07, 6.45) is 12.4. The third-order valence-electron chi connectivity index (χ3n) is 10.4. The lowest BCUT2D eigenvalue weighted by Gasteiger charge is -2.41. The highest BCUT2D eigenvalue weighted by atomic mass is 32.2. The molecule has 2 aliphatic heterocycles. The molecule has 36 heavy (non-hydrogen) atoms. The van der Waals surface area contributed by atoms with Crippen molar-refractivity contribution in [2.24, 2.45) is 23.7 Å². The van der Waals surface area contributed by atoms with Gasteiger partial charge in [-0.2, -0.15) is 0 Å². The number of halogens is 1. The van der Waals surface area contributed by atoms with Gasteiger partial charge >= 0.3 is 0 Å². The Kier molecular flexibility index (Phi) is 7.32. The first-order chi connectivity index (χ1) is 17.4. The number of hydrogen-bond acceptors (Lipinski definition) is 5. The van der Waals surface area contributed by atoms with Crippen LogP contribution in [0.4, 0.5) is 4.39 Å². The molecule has 0 aromatic heterocycles. The molecule has 6 rings (SSSR count). The molecule has 0 aromatic rings. The summed E-state index contributed by atoms with van der Waals surface area (Å²) in [4.78, 5) is 29.3. The predicted molar refractivity (Wildman–Crippen MR) is 139 cm³/mol. The minimum absolute atomic E-state index is 0.140. The van der Waals surface area contributed by atoms with E-state index in [4.69, 9.17) is 0 Å². The summed E-state index contributed by atoms with van der Waals surface area (Å²) in [5.41, 5.74) is -1.10. The third kappa shape index (κ3) is 5.20. The lowest BCUT2D eigenvalue weighted by atomic mass is 9.70. The fourth-order valence-corrected chi connectivity index (χ4v) is 9.74. The van der Waals surface area contributed by atoms with E-state index in [1.807, 2.05) is 4.90 Å². The van der Waals surface area contributed by atoms with Gasteiger partial charge in [0, 0.05) is 43.4 Å². The van der Waals surface area contributed by atoms with Crippen LogP contribution in [0.5, 0.6) is 0 Å². The van der Waals surface area contributed by atoms with E-state index < -0.39 is 11.8 Å². The number of aliphatic hydroxyl groups is 1. The van der Waals surface area contributed by atoms with Gasteiger partial charge in [-0.05, 0) is 101 Å². The van der Waals surface area contributed by atoms with Crippen LogP contribution >= 0.6 is 11.8 Å². The topological polar surface area (TPSA) is 72.9 Å². The maximum atomic E-state index is 13.6. The second kappa shape index (κ2) is 10.4. The van der Waals surface area contributed by atoms with Crippen LogP contribution in [0, 0.1) is 23.7 Å². The molecule has 4 unspecified atom stereocenters. The van der Waals surface area contributed by atoms with Crippen molar-refractivity contribution in [2.75, 3.05) is 26.2 Å². The fraction of sp³-hybridized carbons (Fsp3) is 0.929. The Labute approximate surface area is 219 Å². The number of amides is 2. The van der Waals surface area contributed by atoms with Crippen LogP contribution in [0.1, 0.15) is 83.5 Å². The van der Waals surface area contributed by atoms with E-state index in [1.54, 1.807) is 4.90 Å². The van der Waals surface area contributed by atoms with Gasteiger partial charge in [-0.25, -0.2) is 4.39 Å². The van der Waals surface area contributed by atoms with Gasteiger partial charge in [0.1, 0.15) is 11.8 Å². The van der Waals surface area contributed by atoms with Crippen LogP contribution in [0.3, 0.4) is 0 Å². The van der Waals surface area contributed by atoms with Gasteiger partial charge < -0.3 is 20.2 Å². The average Bonchev–Trinajstić information content (AvgIpc) is 3.52. The summed E-state index contributed by atoms with van der Waals surface area (Å²) < 4.78 is 13.6. The minimum Gasteiger partial charge on any atom is -0.380 e. The molecular weight excluding hydrogens is 477 g/mol. The number of alkyl halides is 1. The van der Waals surface area contributed by atoms with Crippen molar-refractivity contribution in [2.45, 2.75) is 112 Å². The van der Waals surface area contributed by atoms with E-state index in [0.717, 1.165) is 50.4 Å². The quantitative estimate of drug-likeness (QED) is 0.590. The van der Waals surface area contributed by atoms with E-state index in [9.17, 15) is 19.1 Å². The maximum Gasteiger partial charge on any atom is 0.254 e. The second-order valence-corrected chi connectivity index (χ2v) is 14.1. The summed E-state index contributed by atoms with van der Waals surface area (Å²) >= 11 is 2.16. The lowest BCUT2D eigenvalue weighted by Crippen LogP contribution is -2.54. The average molecular weight is 522 g/mol. The van der Waals surface area contributed by atoms with Crippen LogP contribution in [-0.4, -0.2) is 81.3 Å². The van der Waals surface area contributed by atoms with Crippen LogP contribution in [0.25, 0.3) is 0 Å². The first-order valence-corrected chi connectivity index (χ1v) is 15.7. The Morgan fingerprint density at radius 3 is 2.08 bits per heavy atom. The first kappa shape index (κ1) is 25.4. The van der Waals surface area contributed by atoms with Crippen molar-refractivity contribution in [1.29, 1.82) is 0 Å². The maximum absolute atomic E-state index is 13.6. The standard InChI is InChI=1S/C28H44FN3O3S/c29-22-8-5-19(6-9-22)25-30-23-10-7-21(17-24(23)36-25)18-1-3-20(4-2-18)26(33)31-13-15-32(16-14-31)27(34)28(35)11-12-28/h18-25,30,35H,1-17H2. The second-order valence-electron chi connectivity index (χ2n) is 12.7. The zero-order valence-corrected chi connectivity index (χ0v) is 22.4. The molecule has 8 heteroatoms. The van der Waals surface area contributed by atoms with Gasteiger partial charge in [0.2, 0.25) is 5.91 Å². The molecule has 2 heterocycles. The van der Waals surface area contributed by atoms with Gasteiger partial charge in [0.25, 0.3) is 5.91 Å². The first-order valence-electron chi connectivity index (χ1n) is 14.8. The molecular formula is C28H44FN3O3S. The van der Waals surface area contributed by atoms with Crippen molar-refractivity contribution in [3.8, 4) is 0 Å². The summed E-state index contributed by atoms with van der Waals surface area (Å²) in [7, 11) is 0. The molecule has 2 N–H and O–H groups in total. The molecule has 4 atom stereocenters. The number of hydrogen-bond donors (Lipinski definition) is 2. The monoisotopic (exact) mass is 521 g/mol. The largest absolute Gasteiger partial charge is 0.380 e. The molecule has 4 aliphatic carbocycles. The lowest BCUT2D eigenvalue weighted by molar-refractivity contribution is -0.148. The fourth-order valence-electron chi connectivity index (χ4n) is 7.85. The van der Waals surface area contributed by atoms with E-state index in [0.29, 0.717) is 61.6 Å². The Morgan fingerprint density at radius 1 is 0.806 bits per heavy atom. The summed E-state index contributed by atoms with van der Waals surface area (Å²) in [5, 5.41) is 15.3. The predicted octanol–water partition coefficient (Wildman–Crippen LogP) is 3.72. The van der Waals surface area contributed by atoms with Gasteiger partial charge in [-0.1, -0.05) is 0 Å². The number of fused-ring (bicyclic) bond motifs is 1. The molecule has 0 bridgehead atoms. The molecule has 202 valence electrons. The highest BCUT2D eigenvalue weighted by Crippen LogP contribution is 2.48. The molecule has 4 saturated carbocycles. The van der Waals surface area contributed by atoms with Gasteiger partial charge in [-0.15, -0.1) is 11.8 Å². The number of carbonyl (C=O) groups excluding carboxylic acids is 2. The van der Waals surface area contributed by atoms with E-state index >= 15 is 0 Å². The minimum atomic E-state index is -1.10. The van der Waals surface area contributed by atoms with Crippen LogP contribution < -0.4 is 5.32 Å². The van der Waals surface area contributed by atoms with Crippen molar-refractivity contribution in [3.63, 3.8) is 0 Å². The summed E-state index contributed by atoms with van der Waals surface area (Å²) in [6, 6.07) is 0.642. The Balaban J connectivity index is 0.938. The smallest absolute Gasteiger partial charge is 0.254 e. The highest BCUT2D eigenvalue weighted by molar-refractivity contribution is 8.00. The molecule has 6 aliphatic rings. The van der Waals surface area contributed by atoms with Crippen LogP contribution in [0.2, 0.25) is 0 Å². The van der Waals surface area contributed by atoms with Gasteiger partial charge in [0.05, 0.1) is 5.37 Å².